The van der Waals surface area contributed by atoms with Crippen molar-refractivity contribution in [2.75, 3.05) is 13.2 Å². The van der Waals surface area contributed by atoms with Crippen LogP contribution in [-0.4, -0.2) is 36.2 Å². The molecule has 0 aromatic rings. The van der Waals surface area contributed by atoms with Crippen LogP contribution >= 0.6 is 0 Å². The number of carbonyl (C=O) groups excluding carboxylic acids is 1. The van der Waals surface area contributed by atoms with E-state index >= 15 is 0 Å². The van der Waals surface area contributed by atoms with Crippen LogP contribution in [0, 0.1) is 5.92 Å². The number of unbranched alkanes of at least 4 members (excludes halogenated alkanes) is 1. The van der Waals surface area contributed by atoms with Crippen LogP contribution in [0.4, 0.5) is 0 Å². The summed E-state index contributed by atoms with van der Waals surface area (Å²) in [7, 11) is 0. The van der Waals surface area contributed by atoms with Gasteiger partial charge in [-0.05, 0) is 13.3 Å². The number of hydrogen-bond donors (Lipinski definition) is 2. The number of amides is 1. The second-order valence-corrected chi connectivity index (χ2v) is 3.85. The highest BCUT2D eigenvalue weighted by Crippen LogP contribution is 1.97. The van der Waals surface area contributed by atoms with Crippen LogP contribution in [0.1, 0.15) is 33.6 Å². The Morgan fingerprint density at radius 2 is 2.00 bits per heavy atom. The average Bonchev–Trinajstić information content (AvgIpc) is 2.25. The van der Waals surface area contributed by atoms with Crippen LogP contribution in [0.3, 0.4) is 0 Å². The van der Waals surface area contributed by atoms with Gasteiger partial charge in [-0.15, -0.1) is 0 Å². The molecule has 0 rings (SSSR count). The minimum atomic E-state index is -0.917. The molecule has 0 saturated heterocycles. The van der Waals surface area contributed by atoms with Gasteiger partial charge >= 0.3 is 5.97 Å². The number of ether oxygens (including phenoxy) is 1. The fourth-order valence-electron chi connectivity index (χ4n) is 0.965. The van der Waals surface area contributed by atoms with Crippen LogP contribution in [0.15, 0.2) is 0 Å². The van der Waals surface area contributed by atoms with Gasteiger partial charge in [0.1, 0.15) is 6.10 Å². The zero-order valence-electron chi connectivity index (χ0n) is 10.2. The highest BCUT2D eigenvalue weighted by Gasteiger charge is 2.16. The normalized spacial score (nSPS) is 14.2. The van der Waals surface area contributed by atoms with Crippen molar-refractivity contribution in [1.29, 1.82) is 0 Å². The largest absolute Gasteiger partial charge is 0.481 e. The first-order chi connectivity index (χ1) is 7.49. The van der Waals surface area contributed by atoms with E-state index in [1.807, 2.05) is 6.92 Å². The molecule has 5 nitrogen and oxygen atoms in total. The number of carboxylic acid groups (broad SMARTS) is 1. The van der Waals surface area contributed by atoms with Crippen LogP contribution < -0.4 is 5.32 Å². The Balaban J connectivity index is 3.74. The first-order valence-corrected chi connectivity index (χ1v) is 5.61. The van der Waals surface area contributed by atoms with Gasteiger partial charge in [-0.1, -0.05) is 20.3 Å². The van der Waals surface area contributed by atoms with Gasteiger partial charge in [0, 0.05) is 13.2 Å². The summed E-state index contributed by atoms with van der Waals surface area (Å²) in [6.07, 6.45) is 1.42. The first-order valence-electron chi connectivity index (χ1n) is 5.61. The molecular formula is C11H21NO4. The van der Waals surface area contributed by atoms with Crippen molar-refractivity contribution in [1.82, 2.24) is 5.32 Å². The fourth-order valence-corrected chi connectivity index (χ4v) is 0.965. The van der Waals surface area contributed by atoms with E-state index in [4.69, 9.17) is 9.84 Å². The van der Waals surface area contributed by atoms with E-state index in [1.54, 1.807) is 13.8 Å². The summed E-state index contributed by atoms with van der Waals surface area (Å²) >= 11 is 0. The van der Waals surface area contributed by atoms with E-state index in [9.17, 15) is 9.59 Å². The smallest absolute Gasteiger partial charge is 0.308 e. The zero-order valence-corrected chi connectivity index (χ0v) is 10.2. The van der Waals surface area contributed by atoms with Crippen molar-refractivity contribution in [2.24, 2.45) is 5.92 Å². The minimum absolute atomic E-state index is 0.135. The third-order valence-corrected chi connectivity index (χ3v) is 2.24. The predicted octanol–water partition coefficient (Wildman–Crippen LogP) is 1.03. The fraction of sp³-hybridized carbons (Fsp3) is 0.818. The summed E-state index contributed by atoms with van der Waals surface area (Å²) < 4.78 is 5.28. The quantitative estimate of drug-likeness (QED) is 0.612. The Kier molecular flexibility index (Phi) is 7.54. The van der Waals surface area contributed by atoms with Crippen molar-refractivity contribution >= 4 is 11.9 Å². The summed E-state index contributed by atoms with van der Waals surface area (Å²) in [5.74, 6) is -1.75. The molecule has 0 aliphatic carbocycles. The third kappa shape index (κ3) is 6.40. The molecule has 1 amide bonds. The molecule has 2 atom stereocenters. The summed E-state index contributed by atoms with van der Waals surface area (Å²) in [6.45, 7) is 5.94. The Hall–Kier alpha value is -1.10. The number of carbonyl (C=O) groups is 2. The molecule has 0 aromatic heterocycles. The van der Waals surface area contributed by atoms with Crippen molar-refractivity contribution in [3.8, 4) is 0 Å². The monoisotopic (exact) mass is 231 g/mol. The van der Waals surface area contributed by atoms with E-state index in [0.717, 1.165) is 12.8 Å². The second-order valence-electron chi connectivity index (χ2n) is 3.85. The van der Waals surface area contributed by atoms with Crippen LogP contribution in [0.2, 0.25) is 0 Å². The summed E-state index contributed by atoms with van der Waals surface area (Å²) in [5, 5.41) is 11.2. The minimum Gasteiger partial charge on any atom is -0.481 e. The summed E-state index contributed by atoms with van der Waals surface area (Å²) in [4.78, 5) is 21.9. The van der Waals surface area contributed by atoms with Crippen LogP contribution in [0.5, 0.6) is 0 Å². The standard InChI is InChI=1S/C11H21NO4/c1-4-5-6-16-9(3)10(13)12-7-8(2)11(14)15/h8-9H,4-7H2,1-3H3,(H,12,13)(H,14,15). The van der Waals surface area contributed by atoms with Crippen molar-refractivity contribution in [3.05, 3.63) is 0 Å². The highest BCUT2D eigenvalue weighted by molar-refractivity contribution is 5.81. The van der Waals surface area contributed by atoms with Gasteiger partial charge in [0.2, 0.25) is 5.91 Å². The lowest BCUT2D eigenvalue weighted by atomic mass is 10.2. The molecule has 16 heavy (non-hydrogen) atoms. The SMILES string of the molecule is CCCCOC(C)C(=O)NCC(C)C(=O)O. The average molecular weight is 231 g/mol. The van der Waals surface area contributed by atoms with Gasteiger partial charge in [-0.25, -0.2) is 0 Å². The number of hydrogen-bond acceptors (Lipinski definition) is 3. The number of carboxylic acids is 1. The van der Waals surface area contributed by atoms with E-state index in [0.29, 0.717) is 6.61 Å². The maximum absolute atomic E-state index is 11.4. The predicted molar refractivity (Wildman–Crippen MR) is 60.1 cm³/mol. The highest BCUT2D eigenvalue weighted by atomic mass is 16.5. The van der Waals surface area contributed by atoms with Gasteiger partial charge < -0.3 is 15.2 Å². The first kappa shape index (κ1) is 14.9. The maximum Gasteiger partial charge on any atom is 0.308 e. The van der Waals surface area contributed by atoms with Gasteiger partial charge in [0.15, 0.2) is 0 Å². The van der Waals surface area contributed by atoms with Gasteiger partial charge in [-0.2, -0.15) is 0 Å². The molecule has 94 valence electrons. The maximum atomic E-state index is 11.4. The topological polar surface area (TPSA) is 75.6 Å². The Morgan fingerprint density at radius 3 is 2.50 bits per heavy atom. The van der Waals surface area contributed by atoms with Gasteiger partial charge in [0.05, 0.1) is 5.92 Å². The van der Waals surface area contributed by atoms with Crippen molar-refractivity contribution in [2.45, 2.75) is 39.7 Å². The van der Waals surface area contributed by atoms with E-state index in [-0.39, 0.29) is 12.5 Å². The lowest BCUT2D eigenvalue weighted by molar-refractivity contribution is -0.141. The Labute approximate surface area is 96.2 Å². The molecule has 0 radical (unpaired) electrons. The van der Waals surface area contributed by atoms with E-state index in [2.05, 4.69) is 5.32 Å². The van der Waals surface area contributed by atoms with Crippen LogP contribution in [-0.2, 0) is 14.3 Å². The number of nitrogens with one attached hydrogen (secondary N) is 1. The third-order valence-electron chi connectivity index (χ3n) is 2.24. The van der Waals surface area contributed by atoms with E-state index < -0.39 is 18.0 Å². The molecule has 0 aromatic carbocycles. The zero-order chi connectivity index (χ0) is 12.6. The molecule has 0 saturated carbocycles. The molecular weight excluding hydrogens is 210 g/mol. The molecule has 0 aliphatic rings. The molecule has 2 unspecified atom stereocenters. The van der Waals surface area contributed by atoms with Crippen molar-refractivity contribution in [3.63, 3.8) is 0 Å². The Bertz CT molecular complexity index is 230. The number of rotatable bonds is 8. The number of aliphatic carboxylic acids is 1. The molecule has 0 bridgehead atoms. The molecule has 2 N–H and O–H groups in total. The lowest BCUT2D eigenvalue weighted by Crippen LogP contribution is -2.38. The molecule has 0 spiro atoms. The molecule has 0 heterocycles. The Morgan fingerprint density at radius 1 is 1.38 bits per heavy atom. The molecule has 5 heteroatoms. The summed E-state index contributed by atoms with van der Waals surface area (Å²) in [5.41, 5.74) is 0. The van der Waals surface area contributed by atoms with Gasteiger partial charge in [0.25, 0.3) is 0 Å². The molecule has 0 aliphatic heterocycles. The second kappa shape index (κ2) is 8.10. The van der Waals surface area contributed by atoms with Crippen molar-refractivity contribution < 1.29 is 19.4 Å². The molecule has 0 fully saturated rings. The summed E-state index contributed by atoms with van der Waals surface area (Å²) in [6, 6.07) is 0. The van der Waals surface area contributed by atoms with Crippen LogP contribution in [0.25, 0.3) is 0 Å². The van der Waals surface area contributed by atoms with Gasteiger partial charge in [-0.3, -0.25) is 9.59 Å². The lowest BCUT2D eigenvalue weighted by Gasteiger charge is -2.14. The van der Waals surface area contributed by atoms with E-state index in [1.165, 1.54) is 0 Å².